The average molecular weight is 301 g/mol. The highest BCUT2D eigenvalue weighted by Gasteiger charge is 2.20. The second-order valence-corrected chi connectivity index (χ2v) is 5.30. The molecule has 1 aromatic rings. The number of aryl methyl sites for hydroxylation is 1. The molecule has 0 aliphatic rings. The van der Waals surface area contributed by atoms with Crippen molar-refractivity contribution in [2.24, 2.45) is 0 Å². The Bertz CT molecular complexity index is 454. The molecule has 1 amide bonds. The van der Waals surface area contributed by atoms with Crippen LogP contribution in [0.15, 0.2) is 0 Å². The van der Waals surface area contributed by atoms with E-state index in [1.807, 2.05) is 20.8 Å². The minimum absolute atomic E-state index is 0.0283. The highest BCUT2D eigenvalue weighted by atomic mass is 35.5. The Morgan fingerprint density at radius 3 is 2.45 bits per heavy atom. The van der Waals surface area contributed by atoms with Crippen LogP contribution in [-0.2, 0) is 4.79 Å². The molecule has 0 aliphatic heterocycles. The molecule has 0 radical (unpaired) electrons. The van der Waals surface area contributed by atoms with E-state index < -0.39 is 0 Å². The molecule has 5 nitrogen and oxygen atoms in total. The van der Waals surface area contributed by atoms with E-state index in [0.29, 0.717) is 11.6 Å². The summed E-state index contributed by atoms with van der Waals surface area (Å²) < 4.78 is 1.68. The molecule has 0 fully saturated rings. The van der Waals surface area contributed by atoms with Gasteiger partial charge in [0, 0.05) is 13.1 Å². The summed E-state index contributed by atoms with van der Waals surface area (Å²) in [6, 6.07) is -0.349. The van der Waals surface area contributed by atoms with Crippen LogP contribution in [0.25, 0.3) is 0 Å². The standard InChI is InChI=1S/C14H25ClN4O/c1-6-18(7-2)9-8-16-14(20)12(5)19-11(4)13(15)10(3)17-19/h12H,6-9H2,1-5H3,(H,16,20). The Balaban J connectivity index is 2.57. The fourth-order valence-electron chi connectivity index (χ4n) is 2.16. The van der Waals surface area contributed by atoms with Crippen molar-refractivity contribution in [3.8, 4) is 0 Å². The summed E-state index contributed by atoms with van der Waals surface area (Å²) >= 11 is 6.11. The summed E-state index contributed by atoms with van der Waals surface area (Å²) in [5.74, 6) is -0.0283. The number of carbonyl (C=O) groups excluding carboxylic acids is 1. The molecule has 0 aromatic carbocycles. The predicted molar refractivity (Wildman–Crippen MR) is 82.2 cm³/mol. The molecular weight excluding hydrogens is 276 g/mol. The number of hydrogen-bond donors (Lipinski definition) is 1. The lowest BCUT2D eigenvalue weighted by molar-refractivity contribution is -0.124. The summed E-state index contributed by atoms with van der Waals surface area (Å²) in [4.78, 5) is 14.4. The first-order valence-electron chi connectivity index (χ1n) is 7.13. The minimum Gasteiger partial charge on any atom is -0.353 e. The Morgan fingerprint density at radius 2 is 2.00 bits per heavy atom. The molecule has 1 rings (SSSR count). The van der Waals surface area contributed by atoms with Crippen molar-refractivity contribution >= 4 is 17.5 Å². The van der Waals surface area contributed by atoms with Crippen molar-refractivity contribution in [1.82, 2.24) is 20.0 Å². The number of aromatic nitrogens is 2. The van der Waals surface area contributed by atoms with E-state index in [1.165, 1.54) is 0 Å². The molecule has 1 atom stereocenters. The molecule has 0 spiro atoms. The van der Waals surface area contributed by atoms with Crippen molar-refractivity contribution in [3.63, 3.8) is 0 Å². The zero-order valence-electron chi connectivity index (χ0n) is 13.0. The van der Waals surface area contributed by atoms with E-state index in [2.05, 4.69) is 29.2 Å². The summed E-state index contributed by atoms with van der Waals surface area (Å²) in [6.07, 6.45) is 0. The summed E-state index contributed by atoms with van der Waals surface area (Å²) in [6.45, 7) is 13.3. The lowest BCUT2D eigenvalue weighted by Gasteiger charge is -2.19. The number of nitrogens with zero attached hydrogens (tertiary/aromatic N) is 3. The van der Waals surface area contributed by atoms with Gasteiger partial charge in [-0.2, -0.15) is 5.10 Å². The van der Waals surface area contributed by atoms with Gasteiger partial charge in [0.2, 0.25) is 5.91 Å². The predicted octanol–water partition coefficient (Wildman–Crippen LogP) is 2.17. The van der Waals surface area contributed by atoms with E-state index in [4.69, 9.17) is 11.6 Å². The van der Waals surface area contributed by atoms with Gasteiger partial charge in [-0.15, -0.1) is 0 Å². The van der Waals surface area contributed by atoms with E-state index in [0.717, 1.165) is 31.0 Å². The number of hydrogen-bond acceptors (Lipinski definition) is 3. The Kier molecular flexibility index (Phi) is 6.49. The zero-order chi connectivity index (χ0) is 15.3. The molecule has 0 bridgehead atoms. The number of carbonyl (C=O) groups is 1. The maximum atomic E-state index is 12.1. The third kappa shape index (κ3) is 3.96. The zero-order valence-corrected chi connectivity index (χ0v) is 13.8. The van der Waals surface area contributed by atoms with Gasteiger partial charge < -0.3 is 10.2 Å². The third-order valence-corrected chi connectivity index (χ3v) is 4.15. The van der Waals surface area contributed by atoms with Crippen molar-refractivity contribution in [1.29, 1.82) is 0 Å². The Labute approximate surface area is 126 Å². The first kappa shape index (κ1) is 17.0. The molecule has 114 valence electrons. The maximum Gasteiger partial charge on any atom is 0.244 e. The number of rotatable bonds is 7. The van der Waals surface area contributed by atoms with Gasteiger partial charge in [-0.25, -0.2) is 0 Å². The summed E-state index contributed by atoms with van der Waals surface area (Å²) in [5, 5.41) is 7.90. The van der Waals surface area contributed by atoms with E-state index in [9.17, 15) is 4.79 Å². The minimum atomic E-state index is -0.349. The van der Waals surface area contributed by atoms with E-state index in [-0.39, 0.29) is 11.9 Å². The smallest absolute Gasteiger partial charge is 0.244 e. The third-order valence-electron chi connectivity index (χ3n) is 3.60. The number of likely N-dealkylation sites (N-methyl/N-ethyl adjacent to an activating group) is 1. The molecule has 1 N–H and O–H groups in total. The van der Waals surface area contributed by atoms with Crippen LogP contribution < -0.4 is 5.32 Å². The Hall–Kier alpha value is -1.07. The highest BCUT2D eigenvalue weighted by molar-refractivity contribution is 6.31. The monoisotopic (exact) mass is 300 g/mol. The molecule has 0 saturated carbocycles. The highest BCUT2D eigenvalue weighted by Crippen LogP contribution is 2.22. The fraction of sp³-hybridized carbons (Fsp3) is 0.714. The first-order chi connectivity index (χ1) is 9.42. The van der Waals surface area contributed by atoms with E-state index in [1.54, 1.807) is 4.68 Å². The van der Waals surface area contributed by atoms with Gasteiger partial charge in [0.15, 0.2) is 0 Å². The second-order valence-electron chi connectivity index (χ2n) is 4.92. The van der Waals surface area contributed by atoms with Gasteiger partial charge in [-0.3, -0.25) is 9.48 Å². The van der Waals surface area contributed by atoms with Crippen molar-refractivity contribution in [3.05, 3.63) is 16.4 Å². The number of nitrogens with one attached hydrogen (secondary N) is 1. The molecule has 1 aromatic heterocycles. The van der Waals surface area contributed by atoms with Gasteiger partial charge in [0.1, 0.15) is 6.04 Å². The lowest BCUT2D eigenvalue weighted by atomic mass is 10.3. The van der Waals surface area contributed by atoms with Crippen LogP contribution in [0.2, 0.25) is 5.02 Å². The van der Waals surface area contributed by atoms with Crippen molar-refractivity contribution in [2.75, 3.05) is 26.2 Å². The molecule has 6 heteroatoms. The molecule has 1 heterocycles. The van der Waals surface area contributed by atoms with Gasteiger partial charge >= 0.3 is 0 Å². The molecular formula is C14H25ClN4O. The van der Waals surface area contributed by atoms with Crippen molar-refractivity contribution in [2.45, 2.75) is 40.7 Å². The van der Waals surface area contributed by atoms with Gasteiger partial charge in [-0.05, 0) is 33.9 Å². The molecule has 0 saturated heterocycles. The average Bonchev–Trinajstić information content (AvgIpc) is 2.70. The summed E-state index contributed by atoms with van der Waals surface area (Å²) in [7, 11) is 0. The van der Waals surface area contributed by atoms with Gasteiger partial charge in [0.25, 0.3) is 0 Å². The largest absolute Gasteiger partial charge is 0.353 e. The van der Waals surface area contributed by atoms with E-state index >= 15 is 0 Å². The topological polar surface area (TPSA) is 50.2 Å². The van der Waals surface area contributed by atoms with Crippen LogP contribution in [0.1, 0.15) is 38.2 Å². The normalized spacial score (nSPS) is 12.8. The maximum absolute atomic E-state index is 12.1. The summed E-state index contributed by atoms with van der Waals surface area (Å²) in [5.41, 5.74) is 1.59. The van der Waals surface area contributed by atoms with Gasteiger partial charge in [-0.1, -0.05) is 25.4 Å². The van der Waals surface area contributed by atoms with Crippen molar-refractivity contribution < 1.29 is 4.79 Å². The molecule has 0 aliphatic carbocycles. The number of amides is 1. The van der Waals surface area contributed by atoms with Crippen LogP contribution in [0, 0.1) is 13.8 Å². The Morgan fingerprint density at radius 1 is 1.40 bits per heavy atom. The van der Waals surface area contributed by atoms with Crippen LogP contribution in [0.4, 0.5) is 0 Å². The van der Waals surface area contributed by atoms with Crippen LogP contribution >= 0.6 is 11.6 Å². The van der Waals surface area contributed by atoms with Crippen LogP contribution in [-0.4, -0.2) is 46.8 Å². The number of halogens is 1. The van der Waals surface area contributed by atoms with Crippen LogP contribution in [0.3, 0.4) is 0 Å². The van der Waals surface area contributed by atoms with Crippen LogP contribution in [0.5, 0.6) is 0 Å². The SMILES string of the molecule is CCN(CC)CCNC(=O)C(C)n1nc(C)c(Cl)c1C. The lowest BCUT2D eigenvalue weighted by Crippen LogP contribution is -2.38. The second kappa shape index (κ2) is 7.64. The van der Waals surface area contributed by atoms with Gasteiger partial charge in [0.05, 0.1) is 16.4 Å². The molecule has 20 heavy (non-hydrogen) atoms. The first-order valence-corrected chi connectivity index (χ1v) is 7.51. The fourth-order valence-corrected chi connectivity index (χ4v) is 2.28. The quantitative estimate of drug-likeness (QED) is 0.839. The molecule has 1 unspecified atom stereocenters.